The molecule has 1 heterocycles. The highest BCUT2D eigenvalue weighted by Crippen LogP contribution is 2.64. The largest absolute Gasteiger partial charge is 0.456 e. The molecule has 11 atom stereocenters. The number of amides is 1. The maximum atomic E-state index is 15.9. The summed E-state index contributed by atoms with van der Waals surface area (Å²) >= 11 is 0. The number of aliphatic hydroxyl groups is 2. The van der Waals surface area contributed by atoms with Crippen LogP contribution in [0.15, 0.2) is 71.8 Å². The lowest BCUT2D eigenvalue weighted by Crippen LogP contribution is -2.82. The topological polar surface area (TPSA) is 202 Å². The summed E-state index contributed by atoms with van der Waals surface area (Å²) in [5.41, 5.74) is -11.3. The van der Waals surface area contributed by atoms with Gasteiger partial charge in [-0.25, -0.2) is 14.4 Å². The molecule has 3 N–H and O–H groups in total. The first-order chi connectivity index (χ1) is 31.6. The van der Waals surface area contributed by atoms with Crippen LogP contribution in [0.1, 0.15) is 102 Å². The summed E-state index contributed by atoms with van der Waals surface area (Å²) in [5, 5.41) is 28.0. The summed E-state index contributed by atoms with van der Waals surface area (Å²) in [7, 11) is -6.62. The average molecular weight is 845 g/mol. The second-order valence-electron chi connectivity index (χ2n) is 17.2. The van der Waals surface area contributed by atoms with Gasteiger partial charge >= 0.3 is 24.0 Å². The van der Waals surface area contributed by atoms with E-state index in [1.807, 2.05) is 0 Å². The van der Waals surface area contributed by atoms with Crippen LogP contribution in [0.25, 0.3) is 0 Å². The van der Waals surface area contributed by atoms with Gasteiger partial charge in [0.25, 0.3) is 0 Å². The summed E-state index contributed by atoms with van der Waals surface area (Å²) in [6, 6.07) is 13.3. The van der Waals surface area contributed by atoms with Crippen LogP contribution < -0.4 is 5.32 Å². The third-order valence-electron chi connectivity index (χ3n) is 12.7. The van der Waals surface area contributed by atoms with Crippen LogP contribution >= 0.6 is 0 Å². The number of rotatable bonds is 10. The Morgan fingerprint density at radius 1 is 0.983 bits per heavy atom. The SMILES string of the molecule is [2H]C([2H])([2H])O[C@H]1C(=O)[C@]2(C)[C@@H](OC([2H])([2H])[2H])C[C@H]3OC[C@@]3(OC(C)=O)[C@H]2[C@H](OC(=O)c2ccccc2)[C@]2(O)C[C@H](OC(=O)[C@H](O)[C@@H](NC(=O)OC(C)(C)C([2H])([2H])[2H])c3ccccc3)C(C)=C1C2(C)C. The van der Waals surface area contributed by atoms with E-state index < -0.39 is 146 Å². The standard InChI is InChI=1S/C45H57NO14/c1-24-28(57-39(51)33(48)32(26-17-13-11-14-18-26)46-40(52)60-41(3,4)5)22-45(53)37(58-38(50)27-19-15-12-16-20-27)35-43(8,36(49)34(55-10)31(24)42(45,6)7)29(54-9)21-30-44(35,23-56-30)59-25(2)47/h11-20,28-30,32-35,37,48,53H,21-23H2,1-10H3,(H,46,52)/t28-,29-,30+,32-,33+,34+,35-,37-,43+,44-,45+/m0/s1/i3D3,9D3,10D3. The van der Waals surface area contributed by atoms with Crippen LogP contribution in [0, 0.1) is 16.7 Å². The van der Waals surface area contributed by atoms with E-state index in [9.17, 15) is 29.4 Å². The molecule has 3 aliphatic carbocycles. The second-order valence-corrected chi connectivity index (χ2v) is 17.2. The zero-order chi connectivity index (χ0) is 51.7. The molecule has 2 saturated carbocycles. The van der Waals surface area contributed by atoms with E-state index in [1.165, 1.54) is 76.2 Å². The maximum absolute atomic E-state index is 15.9. The highest BCUT2D eigenvalue weighted by molar-refractivity contribution is 5.94. The fourth-order valence-electron chi connectivity index (χ4n) is 9.74. The Kier molecular flexibility index (Phi) is 9.24. The Morgan fingerprint density at radius 3 is 2.22 bits per heavy atom. The molecule has 1 saturated heterocycles. The Labute approximate surface area is 362 Å². The van der Waals surface area contributed by atoms with Gasteiger partial charge in [0.15, 0.2) is 17.5 Å². The molecule has 0 spiro atoms. The third kappa shape index (κ3) is 7.52. The number of methoxy groups -OCH3 is 2. The van der Waals surface area contributed by atoms with Crippen LogP contribution in [0.4, 0.5) is 4.79 Å². The lowest BCUT2D eigenvalue weighted by Gasteiger charge is -2.67. The lowest BCUT2D eigenvalue weighted by molar-refractivity contribution is -0.347. The van der Waals surface area contributed by atoms with Crippen molar-refractivity contribution in [3.05, 3.63) is 82.9 Å². The maximum Gasteiger partial charge on any atom is 0.408 e. The van der Waals surface area contributed by atoms with Gasteiger partial charge in [0, 0.05) is 43.4 Å². The molecule has 60 heavy (non-hydrogen) atoms. The Balaban J connectivity index is 1.57. The van der Waals surface area contributed by atoms with E-state index in [1.54, 1.807) is 12.1 Å². The number of hydrogen-bond donors (Lipinski definition) is 3. The predicted molar refractivity (Wildman–Crippen MR) is 213 cm³/mol. The van der Waals surface area contributed by atoms with Crippen molar-refractivity contribution in [1.29, 1.82) is 0 Å². The summed E-state index contributed by atoms with van der Waals surface area (Å²) in [6.45, 7) is 5.44. The van der Waals surface area contributed by atoms with Crippen molar-refractivity contribution in [2.45, 2.75) is 128 Å². The molecule has 2 aromatic carbocycles. The Morgan fingerprint density at radius 2 is 1.63 bits per heavy atom. The van der Waals surface area contributed by atoms with Crippen LogP contribution in [0.5, 0.6) is 0 Å². The monoisotopic (exact) mass is 844 g/mol. The fraction of sp³-hybridized carbons (Fsp3) is 0.578. The number of ketones is 1. The number of carbonyl (C=O) groups is 5. The van der Waals surface area contributed by atoms with E-state index in [-0.39, 0.29) is 22.3 Å². The molecule has 15 nitrogen and oxygen atoms in total. The van der Waals surface area contributed by atoms with Gasteiger partial charge in [-0.05, 0) is 63.4 Å². The second kappa shape index (κ2) is 16.3. The molecule has 326 valence electrons. The van der Waals surface area contributed by atoms with E-state index in [0.717, 1.165) is 20.8 Å². The number of nitrogens with one attached hydrogen (secondary N) is 1. The molecule has 15 heteroatoms. The van der Waals surface area contributed by atoms with Gasteiger partial charge in [0.2, 0.25) is 0 Å². The molecule has 0 aromatic heterocycles. The smallest absolute Gasteiger partial charge is 0.408 e. The molecule has 1 aliphatic heterocycles. The number of aliphatic hydroxyl groups excluding tert-OH is 1. The lowest BCUT2D eigenvalue weighted by atomic mass is 9.44. The van der Waals surface area contributed by atoms with E-state index >= 15 is 4.79 Å². The highest BCUT2D eigenvalue weighted by Gasteiger charge is 2.78. The number of ether oxygens (including phenoxy) is 7. The van der Waals surface area contributed by atoms with Crippen molar-refractivity contribution in [3.8, 4) is 0 Å². The molecule has 1 amide bonds. The number of carbonyl (C=O) groups excluding carboxylic acids is 5. The van der Waals surface area contributed by atoms with E-state index in [4.69, 9.17) is 45.5 Å². The number of hydrogen-bond acceptors (Lipinski definition) is 14. The Hall–Kier alpha value is -4.67. The van der Waals surface area contributed by atoms with Crippen molar-refractivity contribution < 1.29 is 79.7 Å². The number of esters is 3. The minimum absolute atomic E-state index is 0.0549. The molecule has 0 unspecified atom stereocenters. The first kappa shape index (κ1) is 34.0. The van der Waals surface area contributed by atoms with Crippen molar-refractivity contribution in [2.24, 2.45) is 16.7 Å². The molecule has 6 rings (SSSR count). The molecular weight excluding hydrogens is 778 g/mol. The Bertz CT molecular complexity index is 2340. The van der Waals surface area contributed by atoms with Gasteiger partial charge in [0.05, 0.1) is 43.9 Å². The van der Waals surface area contributed by atoms with Gasteiger partial charge in [-0.15, -0.1) is 0 Å². The van der Waals surface area contributed by atoms with E-state index in [2.05, 4.69) is 5.32 Å². The first-order valence-corrected chi connectivity index (χ1v) is 19.4. The number of fused-ring (bicyclic) bond motifs is 5. The van der Waals surface area contributed by atoms with Crippen molar-refractivity contribution in [2.75, 3.05) is 20.7 Å². The fourth-order valence-corrected chi connectivity index (χ4v) is 9.74. The molecule has 3 fully saturated rings. The molecule has 2 aromatic rings. The first-order valence-electron chi connectivity index (χ1n) is 23.9. The molecule has 4 aliphatic rings. The quantitative estimate of drug-likeness (QED) is 0.171. The summed E-state index contributed by atoms with van der Waals surface area (Å²) in [4.78, 5) is 71.2. The third-order valence-corrected chi connectivity index (χ3v) is 12.7. The summed E-state index contributed by atoms with van der Waals surface area (Å²) in [6.07, 6.45) is -13.9. The molecule has 0 radical (unpaired) electrons. The van der Waals surface area contributed by atoms with Crippen molar-refractivity contribution >= 4 is 29.8 Å². The number of benzene rings is 2. The summed E-state index contributed by atoms with van der Waals surface area (Å²) < 4.78 is 114. The number of Topliss-reactive ketones (excluding diaryl/α,β-unsaturated/α-hetero) is 1. The zero-order valence-electron chi connectivity index (χ0n) is 43.3. The van der Waals surface area contributed by atoms with Crippen molar-refractivity contribution in [1.82, 2.24) is 5.32 Å². The normalized spacial score (nSPS) is 35.8. The molecular formula is C45H57NO14. The van der Waals surface area contributed by atoms with Gasteiger partial charge in [-0.1, -0.05) is 62.4 Å². The minimum Gasteiger partial charge on any atom is -0.456 e. The minimum atomic E-state index is -3.39. The number of alkyl carbamates (subject to hydrolysis) is 1. The van der Waals surface area contributed by atoms with E-state index in [0.29, 0.717) is 0 Å². The van der Waals surface area contributed by atoms with Gasteiger partial charge in [0.1, 0.15) is 35.6 Å². The van der Waals surface area contributed by atoms with Crippen LogP contribution in [-0.4, -0.2) is 114 Å². The van der Waals surface area contributed by atoms with Gasteiger partial charge in [-0.3, -0.25) is 9.59 Å². The van der Waals surface area contributed by atoms with Gasteiger partial charge < -0.3 is 48.7 Å². The highest BCUT2D eigenvalue weighted by atomic mass is 16.6. The van der Waals surface area contributed by atoms with Crippen molar-refractivity contribution in [3.63, 3.8) is 0 Å². The predicted octanol–water partition coefficient (Wildman–Crippen LogP) is 4.57. The van der Waals surface area contributed by atoms with Crippen LogP contribution in [0.2, 0.25) is 0 Å². The zero-order valence-corrected chi connectivity index (χ0v) is 34.3. The van der Waals surface area contributed by atoms with Crippen LogP contribution in [0.3, 0.4) is 0 Å². The summed E-state index contributed by atoms with van der Waals surface area (Å²) in [5.74, 6) is -6.44. The van der Waals surface area contributed by atoms with Crippen LogP contribution in [-0.2, 0) is 47.5 Å². The molecule has 2 bridgehead atoms. The van der Waals surface area contributed by atoms with Gasteiger partial charge in [-0.2, -0.15) is 0 Å². The average Bonchev–Trinajstić information content (AvgIpc) is 3.22.